The van der Waals surface area contributed by atoms with E-state index in [1.54, 1.807) is 19.2 Å². The van der Waals surface area contributed by atoms with Gasteiger partial charge in [-0.15, -0.1) is 0 Å². The summed E-state index contributed by atoms with van der Waals surface area (Å²) in [7, 11) is -2.16. The van der Waals surface area contributed by atoms with Crippen molar-refractivity contribution in [2.45, 2.75) is 23.6 Å². The molecule has 3 aromatic rings. The largest absolute Gasteiger partial charge is 0.497 e. The van der Waals surface area contributed by atoms with E-state index in [4.69, 9.17) is 9.47 Å². The Labute approximate surface area is 171 Å². The highest BCUT2D eigenvalue weighted by molar-refractivity contribution is 7.91. The molecule has 0 bridgehead atoms. The van der Waals surface area contributed by atoms with Crippen molar-refractivity contribution in [3.63, 3.8) is 0 Å². The van der Waals surface area contributed by atoms with Gasteiger partial charge in [-0.05, 0) is 55.3 Å². The van der Waals surface area contributed by atoms with E-state index >= 15 is 0 Å². The lowest BCUT2D eigenvalue weighted by Gasteiger charge is -2.31. The van der Waals surface area contributed by atoms with Crippen LogP contribution in [-0.2, 0) is 14.6 Å². The van der Waals surface area contributed by atoms with Gasteiger partial charge in [-0.3, -0.25) is 4.98 Å². The van der Waals surface area contributed by atoms with Crippen LogP contribution in [0.4, 0.5) is 5.69 Å². The zero-order valence-electron chi connectivity index (χ0n) is 16.8. The summed E-state index contributed by atoms with van der Waals surface area (Å²) >= 11 is 0. The predicted octanol–water partition coefficient (Wildman–Crippen LogP) is 3.53. The van der Waals surface area contributed by atoms with E-state index in [0.717, 1.165) is 22.0 Å². The smallest absolute Gasteiger partial charge is 0.210 e. The first-order valence-electron chi connectivity index (χ1n) is 9.53. The number of pyridine rings is 1. The molecule has 0 radical (unpaired) electrons. The van der Waals surface area contributed by atoms with E-state index in [9.17, 15) is 8.42 Å². The number of methoxy groups -OCH3 is 1. The molecular formula is C22H24N2O4S. The molecule has 1 aliphatic rings. The lowest BCUT2D eigenvalue weighted by molar-refractivity contribution is 0.122. The average Bonchev–Trinajstić information content (AvgIpc) is 2.72. The van der Waals surface area contributed by atoms with Gasteiger partial charge in [0.25, 0.3) is 0 Å². The van der Waals surface area contributed by atoms with Gasteiger partial charge in [0.2, 0.25) is 9.84 Å². The van der Waals surface area contributed by atoms with Crippen LogP contribution in [0.2, 0.25) is 0 Å². The summed E-state index contributed by atoms with van der Waals surface area (Å²) in [6, 6.07) is 10.9. The highest BCUT2D eigenvalue weighted by Gasteiger charge is 2.28. The van der Waals surface area contributed by atoms with E-state index in [2.05, 4.69) is 9.88 Å². The number of hydrogen-bond donors (Lipinski definition) is 0. The zero-order valence-corrected chi connectivity index (χ0v) is 17.6. The maximum Gasteiger partial charge on any atom is 0.210 e. The molecule has 0 N–H and O–H groups in total. The van der Waals surface area contributed by atoms with Gasteiger partial charge < -0.3 is 14.4 Å². The number of aryl methyl sites for hydroxylation is 2. The van der Waals surface area contributed by atoms with Crippen molar-refractivity contribution in [2.24, 2.45) is 0 Å². The minimum absolute atomic E-state index is 0.213. The summed E-state index contributed by atoms with van der Waals surface area (Å²) in [5.41, 5.74) is 3.21. The number of benzene rings is 2. The lowest BCUT2D eigenvalue weighted by atomic mass is 10.1. The number of ether oxygens (including phenoxy) is 2. The van der Waals surface area contributed by atoms with Gasteiger partial charge in [0, 0.05) is 24.7 Å². The summed E-state index contributed by atoms with van der Waals surface area (Å²) in [4.78, 5) is 7.03. The maximum atomic E-state index is 13.7. The second kappa shape index (κ2) is 7.65. The number of sulfone groups is 1. The lowest BCUT2D eigenvalue weighted by Crippen LogP contribution is -2.37. The van der Waals surface area contributed by atoms with Gasteiger partial charge in [-0.25, -0.2) is 8.42 Å². The van der Waals surface area contributed by atoms with E-state index < -0.39 is 9.84 Å². The third-order valence-corrected chi connectivity index (χ3v) is 6.87. The Balaban J connectivity index is 2.00. The van der Waals surface area contributed by atoms with Crippen molar-refractivity contribution in [3.05, 3.63) is 53.7 Å². The Hall–Kier alpha value is -2.64. The highest BCUT2D eigenvalue weighted by Crippen LogP contribution is 2.37. The van der Waals surface area contributed by atoms with E-state index in [0.29, 0.717) is 37.7 Å². The first-order valence-corrected chi connectivity index (χ1v) is 11.0. The number of hydrogen-bond acceptors (Lipinski definition) is 6. The van der Waals surface area contributed by atoms with Crippen molar-refractivity contribution >= 4 is 26.4 Å². The van der Waals surface area contributed by atoms with E-state index in [1.807, 2.05) is 38.1 Å². The molecule has 29 heavy (non-hydrogen) atoms. The fourth-order valence-electron chi connectivity index (χ4n) is 3.79. The first kappa shape index (κ1) is 19.7. The summed E-state index contributed by atoms with van der Waals surface area (Å²) in [5, 5.41) is 0.761. The van der Waals surface area contributed by atoms with Gasteiger partial charge in [-0.2, -0.15) is 0 Å². The molecular weight excluding hydrogens is 388 g/mol. The number of fused-ring (bicyclic) bond motifs is 1. The molecule has 2 aromatic carbocycles. The molecule has 152 valence electrons. The van der Waals surface area contributed by atoms with Crippen LogP contribution in [0, 0.1) is 13.8 Å². The van der Waals surface area contributed by atoms with Crippen LogP contribution in [0.15, 0.2) is 52.4 Å². The summed E-state index contributed by atoms with van der Waals surface area (Å²) in [5.74, 6) is 0.662. The fourth-order valence-corrected chi connectivity index (χ4v) is 5.41. The Morgan fingerprint density at radius 3 is 2.38 bits per heavy atom. The summed E-state index contributed by atoms with van der Waals surface area (Å²) in [6.07, 6.45) is 1.48. The topological polar surface area (TPSA) is 68.7 Å². The average molecular weight is 413 g/mol. The van der Waals surface area contributed by atoms with Crippen molar-refractivity contribution < 1.29 is 17.9 Å². The molecule has 0 aliphatic carbocycles. The fraction of sp³-hybridized carbons (Fsp3) is 0.318. The van der Waals surface area contributed by atoms with Crippen molar-refractivity contribution in [3.8, 4) is 5.75 Å². The van der Waals surface area contributed by atoms with Crippen LogP contribution in [0.3, 0.4) is 0 Å². The number of nitrogens with zero attached hydrogens (tertiary/aromatic N) is 2. The van der Waals surface area contributed by atoms with Gasteiger partial charge >= 0.3 is 0 Å². The SMILES string of the molecule is COc1ccc2ncc(S(=O)(=O)c3cc(C)cc(C)c3)c(N3CCOCC3)c2c1. The molecule has 0 saturated carbocycles. The normalized spacial score (nSPS) is 14.9. The standard InChI is InChI=1S/C22H24N2O4S/c1-15-10-16(2)12-18(11-15)29(25,26)21-14-23-20-5-4-17(27-3)13-19(20)22(21)24-6-8-28-9-7-24/h4-5,10-14H,6-9H2,1-3H3. The number of anilines is 1. The third kappa shape index (κ3) is 3.68. The van der Waals surface area contributed by atoms with Crippen molar-refractivity contribution in [1.82, 2.24) is 4.98 Å². The van der Waals surface area contributed by atoms with Crippen molar-refractivity contribution in [2.75, 3.05) is 38.3 Å². The van der Waals surface area contributed by atoms with Gasteiger partial charge in [-0.1, -0.05) is 6.07 Å². The first-order chi connectivity index (χ1) is 13.9. The third-order valence-electron chi connectivity index (χ3n) is 5.14. The maximum absolute atomic E-state index is 13.7. The van der Waals surface area contributed by atoms with E-state index in [1.165, 1.54) is 6.20 Å². The Morgan fingerprint density at radius 1 is 1.03 bits per heavy atom. The van der Waals surface area contributed by atoms with E-state index in [-0.39, 0.29) is 9.79 Å². The molecule has 1 fully saturated rings. The Morgan fingerprint density at radius 2 is 1.72 bits per heavy atom. The predicted molar refractivity (Wildman–Crippen MR) is 113 cm³/mol. The van der Waals surface area contributed by atoms with Crippen LogP contribution in [0.1, 0.15) is 11.1 Å². The molecule has 0 spiro atoms. The summed E-state index contributed by atoms with van der Waals surface area (Å²) < 4.78 is 38.2. The molecule has 2 heterocycles. The summed E-state index contributed by atoms with van der Waals surface area (Å²) in [6.45, 7) is 6.14. The number of morpholine rings is 1. The van der Waals surface area contributed by atoms with Crippen LogP contribution in [0.25, 0.3) is 10.9 Å². The van der Waals surface area contributed by atoms with Crippen LogP contribution in [-0.4, -0.2) is 46.8 Å². The minimum Gasteiger partial charge on any atom is -0.497 e. The molecule has 0 unspecified atom stereocenters. The molecule has 6 nitrogen and oxygen atoms in total. The minimum atomic E-state index is -3.76. The van der Waals surface area contributed by atoms with Crippen LogP contribution in [0.5, 0.6) is 5.75 Å². The molecule has 1 saturated heterocycles. The number of aromatic nitrogens is 1. The molecule has 4 rings (SSSR count). The van der Waals surface area contributed by atoms with Gasteiger partial charge in [0.15, 0.2) is 0 Å². The van der Waals surface area contributed by atoms with Crippen LogP contribution < -0.4 is 9.64 Å². The monoisotopic (exact) mass is 412 g/mol. The Bertz CT molecular complexity index is 1150. The van der Waals surface area contributed by atoms with Crippen molar-refractivity contribution in [1.29, 1.82) is 0 Å². The molecule has 0 amide bonds. The quantitative estimate of drug-likeness (QED) is 0.653. The number of rotatable bonds is 4. The molecule has 7 heteroatoms. The molecule has 1 aromatic heterocycles. The Kier molecular flexibility index (Phi) is 5.19. The highest BCUT2D eigenvalue weighted by atomic mass is 32.2. The molecule has 1 aliphatic heterocycles. The van der Waals surface area contributed by atoms with Crippen LogP contribution >= 0.6 is 0 Å². The van der Waals surface area contributed by atoms with Gasteiger partial charge in [0.1, 0.15) is 10.6 Å². The molecule has 0 atom stereocenters. The second-order valence-electron chi connectivity index (χ2n) is 7.28. The van der Waals surface area contributed by atoms with Gasteiger partial charge in [0.05, 0.1) is 36.4 Å². The zero-order chi connectivity index (χ0) is 20.6. The second-order valence-corrected chi connectivity index (χ2v) is 9.20.